The standard InChI is InChI=1S/C12H9Cl2N3O/c13-10-15-11(14)17-12(16-10)18-8-4-7-9-5-2-1-3-6-9/h1-7H,8H2/b7-4+. The average Bonchev–Trinajstić information content (AvgIpc) is 2.35. The quantitative estimate of drug-likeness (QED) is 0.863. The molecule has 2 aromatic rings. The molecule has 0 fully saturated rings. The average molecular weight is 282 g/mol. The molecule has 0 unspecified atom stereocenters. The van der Waals surface area contributed by atoms with Gasteiger partial charge in [0.1, 0.15) is 6.61 Å². The SMILES string of the molecule is Clc1nc(Cl)nc(OC/C=C/c2ccccc2)n1. The maximum atomic E-state index is 5.61. The van der Waals surface area contributed by atoms with E-state index in [9.17, 15) is 0 Å². The third-order valence-corrected chi connectivity index (χ3v) is 2.32. The summed E-state index contributed by atoms with van der Waals surface area (Å²) in [6.45, 7) is 0.325. The third-order valence-electron chi connectivity index (χ3n) is 1.98. The Morgan fingerprint density at radius 1 is 1.00 bits per heavy atom. The van der Waals surface area contributed by atoms with E-state index in [0.29, 0.717) is 6.61 Å². The van der Waals surface area contributed by atoms with Crippen LogP contribution >= 0.6 is 23.2 Å². The van der Waals surface area contributed by atoms with Crippen molar-refractivity contribution in [1.29, 1.82) is 0 Å². The summed E-state index contributed by atoms with van der Waals surface area (Å²) in [5, 5.41) is 0.0223. The molecular weight excluding hydrogens is 273 g/mol. The summed E-state index contributed by atoms with van der Waals surface area (Å²) in [5.41, 5.74) is 1.09. The highest BCUT2D eigenvalue weighted by Gasteiger charge is 2.02. The fourth-order valence-corrected chi connectivity index (χ4v) is 1.59. The van der Waals surface area contributed by atoms with Gasteiger partial charge in [0.15, 0.2) is 0 Å². The predicted octanol–water partition coefficient (Wildman–Crippen LogP) is 3.27. The zero-order chi connectivity index (χ0) is 12.8. The van der Waals surface area contributed by atoms with E-state index in [2.05, 4.69) is 15.0 Å². The molecule has 0 radical (unpaired) electrons. The first-order chi connectivity index (χ1) is 8.74. The third kappa shape index (κ3) is 3.98. The molecule has 0 aliphatic carbocycles. The first-order valence-electron chi connectivity index (χ1n) is 5.15. The monoisotopic (exact) mass is 281 g/mol. The van der Waals surface area contributed by atoms with Gasteiger partial charge in [-0.3, -0.25) is 0 Å². The number of aromatic nitrogens is 3. The number of rotatable bonds is 4. The Kier molecular flexibility index (Phi) is 4.50. The second kappa shape index (κ2) is 6.33. The van der Waals surface area contributed by atoms with Crippen LogP contribution in [0.4, 0.5) is 0 Å². The van der Waals surface area contributed by atoms with E-state index in [1.165, 1.54) is 0 Å². The van der Waals surface area contributed by atoms with Gasteiger partial charge < -0.3 is 4.74 Å². The van der Waals surface area contributed by atoms with E-state index in [4.69, 9.17) is 27.9 Å². The van der Waals surface area contributed by atoms with Crippen LogP contribution in [0.15, 0.2) is 36.4 Å². The smallest absolute Gasteiger partial charge is 0.322 e. The van der Waals surface area contributed by atoms with Gasteiger partial charge in [-0.05, 0) is 34.8 Å². The number of hydrogen-bond donors (Lipinski definition) is 0. The molecule has 6 heteroatoms. The van der Waals surface area contributed by atoms with E-state index in [1.807, 2.05) is 42.5 Å². The van der Waals surface area contributed by atoms with Gasteiger partial charge in [-0.1, -0.05) is 36.4 Å². The van der Waals surface area contributed by atoms with Crippen molar-refractivity contribution in [1.82, 2.24) is 15.0 Å². The van der Waals surface area contributed by atoms with Gasteiger partial charge in [-0.2, -0.15) is 15.0 Å². The van der Waals surface area contributed by atoms with Crippen molar-refractivity contribution in [2.24, 2.45) is 0 Å². The lowest BCUT2D eigenvalue weighted by Crippen LogP contribution is -2.00. The molecule has 0 aliphatic rings. The molecule has 92 valence electrons. The Morgan fingerprint density at radius 3 is 2.33 bits per heavy atom. The summed E-state index contributed by atoms with van der Waals surface area (Å²) in [7, 11) is 0. The first-order valence-corrected chi connectivity index (χ1v) is 5.91. The molecule has 0 atom stereocenters. The van der Waals surface area contributed by atoms with Crippen molar-refractivity contribution in [3.63, 3.8) is 0 Å². The van der Waals surface area contributed by atoms with Gasteiger partial charge in [0.05, 0.1) is 0 Å². The van der Waals surface area contributed by atoms with E-state index in [0.717, 1.165) is 5.56 Å². The summed E-state index contributed by atoms with van der Waals surface area (Å²) < 4.78 is 5.27. The van der Waals surface area contributed by atoms with Gasteiger partial charge in [0.2, 0.25) is 10.6 Å². The Bertz CT molecular complexity index is 526. The Hall–Kier alpha value is -1.65. The molecule has 0 bridgehead atoms. The van der Waals surface area contributed by atoms with Crippen molar-refractivity contribution < 1.29 is 4.74 Å². The summed E-state index contributed by atoms with van der Waals surface area (Å²) in [4.78, 5) is 11.2. The van der Waals surface area contributed by atoms with E-state index in [-0.39, 0.29) is 16.6 Å². The van der Waals surface area contributed by atoms with Crippen LogP contribution in [0.3, 0.4) is 0 Å². The zero-order valence-electron chi connectivity index (χ0n) is 9.25. The lowest BCUT2D eigenvalue weighted by molar-refractivity contribution is 0.332. The predicted molar refractivity (Wildman–Crippen MR) is 70.8 cm³/mol. The van der Waals surface area contributed by atoms with Crippen molar-refractivity contribution in [2.45, 2.75) is 0 Å². The van der Waals surface area contributed by atoms with Crippen LogP contribution in [-0.2, 0) is 0 Å². The largest absolute Gasteiger partial charge is 0.459 e. The normalized spacial score (nSPS) is 10.8. The van der Waals surface area contributed by atoms with Crippen LogP contribution in [0.5, 0.6) is 6.01 Å². The van der Waals surface area contributed by atoms with Crippen molar-refractivity contribution in [3.8, 4) is 6.01 Å². The lowest BCUT2D eigenvalue weighted by Gasteiger charge is -2.00. The number of benzene rings is 1. The van der Waals surface area contributed by atoms with Gasteiger partial charge in [-0.15, -0.1) is 0 Å². The molecule has 1 aromatic carbocycles. The number of nitrogens with zero attached hydrogens (tertiary/aromatic N) is 3. The zero-order valence-corrected chi connectivity index (χ0v) is 10.8. The minimum atomic E-state index is 0.0111. The van der Waals surface area contributed by atoms with Crippen LogP contribution in [0, 0.1) is 0 Å². The fourth-order valence-electron chi connectivity index (χ4n) is 1.24. The van der Waals surface area contributed by atoms with Gasteiger partial charge in [0.25, 0.3) is 0 Å². The van der Waals surface area contributed by atoms with Crippen LogP contribution in [0.25, 0.3) is 6.08 Å². The maximum absolute atomic E-state index is 5.61. The molecule has 0 N–H and O–H groups in total. The second-order valence-corrected chi connectivity index (χ2v) is 3.96. The fraction of sp³-hybridized carbons (Fsp3) is 0.0833. The van der Waals surface area contributed by atoms with Crippen LogP contribution in [0.2, 0.25) is 10.6 Å². The molecule has 2 rings (SSSR count). The summed E-state index contributed by atoms with van der Waals surface area (Å²) in [6, 6.07) is 9.99. The van der Waals surface area contributed by atoms with Crippen LogP contribution in [0.1, 0.15) is 5.56 Å². The van der Waals surface area contributed by atoms with Crippen LogP contribution in [-0.4, -0.2) is 21.6 Å². The molecule has 1 heterocycles. The van der Waals surface area contributed by atoms with Crippen LogP contribution < -0.4 is 4.74 Å². The van der Waals surface area contributed by atoms with Crippen molar-refractivity contribution in [2.75, 3.05) is 6.61 Å². The molecule has 0 saturated heterocycles. The molecular formula is C12H9Cl2N3O. The number of hydrogen-bond acceptors (Lipinski definition) is 4. The minimum Gasteiger partial charge on any atom is -0.459 e. The topological polar surface area (TPSA) is 47.9 Å². The molecule has 0 spiro atoms. The molecule has 18 heavy (non-hydrogen) atoms. The maximum Gasteiger partial charge on any atom is 0.322 e. The Morgan fingerprint density at radius 2 is 1.67 bits per heavy atom. The second-order valence-electron chi connectivity index (χ2n) is 3.28. The van der Waals surface area contributed by atoms with Gasteiger partial charge in [0, 0.05) is 0 Å². The molecule has 0 amide bonds. The first kappa shape index (κ1) is 12.8. The Balaban J connectivity index is 1.90. The number of ether oxygens (including phenoxy) is 1. The number of halogens is 2. The van der Waals surface area contributed by atoms with Gasteiger partial charge >= 0.3 is 6.01 Å². The van der Waals surface area contributed by atoms with E-state index in [1.54, 1.807) is 0 Å². The highest BCUT2D eigenvalue weighted by atomic mass is 35.5. The minimum absolute atomic E-state index is 0.0111. The van der Waals surface area contributed by atoms with E-state index >= 15 is 0 Å². The molecule has 0 aliphatic heterocycles. The highest BCUT2D eigenvalue weighted by molar-refractivity contribution is 6.31. The van der Waals surface area contributed by atoms with Crippen molar-refractivity contribution in [3.05, 3.63) is 52.5 Å². The molecule has 0 saturated carbocycles. The van der Waals surface area contributed by atoms with E-state index < -0.39 is 0 Å². The highest BCUT2D eigenvalue weighted by Crippen LogP contribution is 2.11. The summed E-state index contributed by atoms with van der Waals surface area (Å²) >= 11 is 11.2. The Labute approximate surface area is 114 Å². The van der Waals surface area contributed by atoms with Crippen molar-refractivity contribution >= 4 is 29.3 Å². The van der Waals surface area contributed by atoms with Gasteiger partial charge in [-0.25, -0.2) is 0 Å². The summed E-state index contributed by atoms with van der Waals surface area (Å²) in [6.07, 6.45) is 3.78. The molecule has 1 aromatic heterocycles. The molecule has 4 nitrogen and oxygen atoms in total. The lowest BCUT2D eigenvalue weighted by atomic mass is 10.2. The summed E-state index contributed by atoms with van der Waals surface area (Å²) in [5.74, 6) is 0.